The molecule has 0 spiro atoms. The van der Waals surface area contributed by atoms with Crippen LogP contribution in [0.2, 0.25) is 0 Å². The molecule has 2 aromatic heterocycles. The van der Waals surface area contributed by atoms with E-state index in [1.54, 1.807) is 0 Å². The highest BCUT2D eigenvalue weighted by Crippen LogP contribution is 2.34. The molecule has 0 atom stereocenters. The molecule has 3 heterocycles. The Morgan fingerprint density at radius 2 is 1.79 bits per heavy atom. The van der Waals surface area contributed by atoms with Crippen LogP contribution in [0.4, 0.5) is 5.82 Å². The molecule has 1 saturated heterocycles. The highest BCUT2D eigenvalue weighted by molar-refractivity contribution is 5.92. The van der Waals surface area contributed by atoms with E-state index >= 15 is 0 Å². The van der Waals surface area contributed by atoms with Crippen molar-refractivity contribution in [2.24, 2.45) is 0 Å². The number of fused-ring (bicyclic) bond motifs is 1. The second-order valence-electron chi connectivity index (χ2n) is 6.60. The fourth-order valence-electron chi connectivity index (χ4n) is 3.44. The first-order valence-electron chi connectivity index (χ1n) is 8.40. The summed E-state index contributed by atoms with van der Waals surface area (Å²) in [4.78, 5) is 11.3. The number of rotatable bonds is 2. The number of hydrogen-bond donors (Lipinski definition) is 1. The number of aliphatic hydroxyl groups is 1. The van der Waals surface area contributed by atoms with E-state index in [1.807, 2.05) is 49.6 Å². The minimum Gasteiger partial charge on any atom is -0.383 e. The zero-order chi connectivity index (χ0) is 16.6. The standard InChI is InChI=1S/C20H21N3O/c1-15-6-7-18(22-14-15)20(24)9-12-23(13-10-20)19-17-5-3-2-4-16(17)8-11-21-19/h2-8,11,14,24H,9-10,12-13H2,1H3. The van der Waals surface area contributed by atoms with Crippen LogP contribution in [-0.2, 0) is 5.60 Å². The SMILES string of the molecule is Cc1ccc(C2(O)CCN(c3nccc4ccccc34)CC2)nc1. The maximum Gasteiger partial charge on any atom is 0.136 e. The summed E-state index contributed by atoms with van der Waals surface area (Å²) >= 11 is 0. The first-order chi connectivity index (χ1) is 11.7. The minimum atomic E-state index is -0.839. The maximum absolute atomic E-state index is 11.0. The van der Waals surface area contributed by atoms with Crippen LogP contribution in [0.1, 0.15) is 24.1 Å². The number of pyridine rings is 2. The van der Waals surface area contributed by atoms with Crippen molar-refractivity contribution in [3.63, 3.8) is 0 Å². The number of aryl methyl sites for hydroxylation is 1. The number of aromatic nitrogens is 2. The predicted octanol–water partition coefficient (Wildman–Crippen LogP) is 3.43. The van der Waals surface area contributed by atoms with Crippen molar-refractivity contribution in [1.82, 2.24) is 9.97 Å². The van der Waals surface area contributed by atoms with Crippen LogP contribution in [-0.4, -0.2) is 28.2 Å². The van der Waals surface area contributed by atoms with Gasteiger partial charge in [-0.1, -0.05) is 30.3 Å². The molecule has 0 unspecified atom stereocenters. The molecule has 4 rings (SSSR count). The molecule has 0 amide bonds. The lowest BCUT2D eigenvalue weighted by molar-refractivity contribution is 0.00753. The first-order valence-corrected chi connectivity index (χ1v) is 8.40. The summed E-state index contributed by atoms with van der Waals surface area (Å²) in [6, 6.07) is 14.3. The van der Waals surface area contributed by atoms with E-state index in [0.717, 1.165) is 30.2 Å². The molecule has 24 heavy (non-hydrogen) atoms. The van der Waals surface area contributed by atoms with Crippen LogP contribution in [0.15, 0.2) is 54.9 Å². The molecule has 1 N–H and O–H groups in total. The molecule has 4 heteroatoms. The van der Waals surface area contributed by atoms with Gasteiger partial charge in [-0.25, -0.2) is 4.98 Å². The van der Waals surface area contributed by atoms with E-state index in [4.69, 9.17) is 0 Å². The third-order valence-corrected chi connectivity index (χ3v) is 4.93. The molecule has 4 nitrogen and oxygen atoms in total. The van der Waals surface area contributed by atoms with Gasteiger partial charge in [0, 0.05) is 30.9 Å². The Morgan fingerprint density at radius 1 is 1.00 bits per heavy atom. The number of piperidine rings is 1. The quantitative estimate of drug-likeness (QED) is 0.786. The van der Waals surface area contributed by atoms with Crippen molar-refractivity contribution >= 4 is 16.6 Å². The number of nitrogens with zero attached hydrogens (tertiary/aromatic N) is 3. The Balaban J connectivity index is 1.58. The highest BCUT2D eigenvalue weighted by Gasteiger charge is 2.35. The van der Waals surface area contributed by atoms with Gasteiger partial charge >= 0.3 is 0 Å². The summed E-state index contributed by atoms with van der Waals surface area (Å²) in [5.41, 5.74) is 1.05. The van der Waals surface area contributed by atoms with Crippen LogP contribution in [0.5, 0.6) is 0 Å². The van der Waals surface area contributed by atoms with Crippen molar-refractivity contribution in [1.29, 1.82) is 0 Å². The van der Waals surface area contributed by atoms with Crippen LogP contribution < -0.4 is 4.90 Å². The molecule has 0 bridgehead atoms. The van der Waals surface area contributed by atoms with Crippen LogP contribution in [0.3, 0.4) is 0 Å². The summed E-state index contributed by atoms with van der Waals surface area (Å²) in [7, 11) is 0. The topological polar surface area (TPSA) is 49.2 Å². The second kappa shape index (κ2) is 5.87. The van der Waals surface area contributed by atoms with Gasteiger partial charge in [-0.05, 0) is 42.8 Å². The third kappa shape index (κ3) is 2.63. The lowest BCUT2D eigenvalue weighted by Crippen LogP contribution is -2.43. The zero-order valence-corrected chi connectivity index (χ0v) is 13.8. The lowest BCUT2D eigenvalue weighted by atomic mass is 9.87. The van der Waals surface area contributed by atoms with E-state index < -0.39 is 5.60 Å². The number of benzene rings is 1. The molecular formula is C20H21N3O. The Kier molecular flexibility index (Phi) is 3.69. The second-order valence-corrected chi connectivity index (χ2v) is 6.60. The summed E-state index contributed by atoms with van der Waals surface area (Å²) in [6.07, 6.45) is 5.01. The van der Waals surface area contributed by atoms with E-state index in [1.165, 1.54) is 10.8 Å². The monoisotopic (exact) mass is 319 g/mol. The lowest BCUT2D eigenvalue weighted by Gasteiger charge is -2.38. The van der Waals surface area contributed by atoms with Gasteiger partial charge in [-0.3, -0.25) is 4.98 Å². The normalized spacial score (nSPS) is 17.2. The van der Waals surface area contributed by atoms with Crippen molar-refractivity contribution in [3.05, 3.63) is 66.1 Å². The zero-order valence-electron chi connectivity index (χ0n) is 13.8. The van der Waals surface area contributed by atoms with Crippen molar-refractivity contribution < 1.29 is 5.11 Å². The van der Waals surface area contributed by atoms with Crippen molar-refractivity contribution in [2.45, 2.75) is 25.4 Å². The Bertz CT molecular complexity index is 847. The summed E-state index contributed by atoms with van der Waals surface area (Å²) in [6.45, 7) is 3.55. The average molecular weight is 319 g/mol. The molecule has 0 radical (unpaired) electrons. The van der Waals surface area contributed by atoms with E-state index in [-0.39, 0.29) is 0 Å². The Morgan fingerprint density at radius 3 is 2.54 bits per heavy atom. The van der Waals surface area contributed by atoms with Crippen LogP contribution in [0, 0.1) is 6.92 Å². The van der Waals surface area contributed by atoms with Gasteiger partial charge in [-0.15, -0.1) is 0 Å². The number of hydrogen-bond acceptors (Lipinski definition) is 4. The average Bonchev–Trinajstić information content (AvgIpc) is 2.62. The Labute approximate surface area is 141 Å². The van der Waals surface area contributed by atoms with Gasteiger partial charge in [0.25, 0.3) is 0 Å². The third-order valence-electron chi connectivity index (χ3n) is 4.93. The number of anilines is 1. The molecule has 1 aliphatic rings. The highest BCUT2D eigenvalue weighted by atomic mass is 16.3. The van der Waals surface area contributed by atoms with Gasteiger partial charge in [0.15, 0.2) is 0 Å². The summed E-state index contributed by atoms with van der Waals surface area (Å²) < 4.78 is 0. The van der Waals surface area contributed by atoms with Gasteiger partial charge in [-0.2, -0.15) is 0 Å². The van der Waals surface area contributed by atoms with Gasteiger partial charge < -0.3 is 10.0 Å². The van der Waals surface area contributed by atoms with Crippen molar-refractivity contribution in [2.75, 3.05) is 18.0 Å². The van der Waals surface area contributed by atoms with Crippen LogP contribution >= 0.6 is 0 Å². The molecule has 1 aliphatic heterocycles. The summed E-state index contributed by atoms with van der Waals surface area (Å²) in [5.74, 6) is 1.01. The van der Waals surface area contributed by atoms with Gasteiger partial charge in [0.2, 0.25) is 0 Å². The molecule has 122 valence electrons. The molecular weight excluding hydrogens is 298 g/mol. The Hall–Kier alpha value is -2.46. The van der Waals surface area contributed by atoms with Gasteiger partial charge in [0.1, 0.15) is 11.4 Å². The van der Waals surface area contributed by atoms with E-state index in [9.17, 15) is 5.11 Å². The van der Waals surface area contributed by atoms with E-state index in [2.05, 4.69) is 27.0 Å². The minimum absolute atomic E-state index is 0.661. The fraction of sp³-hybridized carbons (Fsp3) is 0.300. The van der Waals surface area contributed by atoms with Crippen molar-refractivity contribution in [3.8, 4) is 0 Å². The largest absolute Gasteiger partial charge is 0.383 e. The molecule has 1 aromatic carbocycles. The fourth-order valence-corrected chi connectivity index (χ4v) is 3.44. The smallest absolute Gasteiger partial charge is 0.136 e. The molecule has 0 saturated carbocycles. The first kappa shape index (κ1) is 15.1. The molecule has 3 aromatic rings. The van der Waals surface area contributed by atoms with Crippen LogP contribution in [0.25, 0.3) is 10.8 Å². The van der Waals surface area contributed by atoms with Gasteiger partial charge in [0.05, 0.1) is 5.69 Å². The van der Waals surface area contributed by atoms with E-state index in [0.29, 0.717) is 12.8 Å². The summed E-state index contributed by atoms with van der Waals surface area (Å²) in [5, 5.41) is 13.4. The predicted molar refractivity (Wildman–Crippen MR) is 96.1 cm³/mol. The molecule has 1 fully saturated rings. The molecule has 0 aliphatic carbocycles. The maximum atomic E-state index is 11.0.